The van der Waals surface area contributed by atoms with Crippen molar-refractivity contribution in [1.82, 2.24) is 9.78 Å². The molecule has 2 aromatic rings. The Balaban J connectivity index is 0.00000200. The minimum atomic E-state index is -1.31. The number of hydrogen-bond donors (Lipinski definition) is 2. The Hall–Kier alpha value is -1.51. The Labute approximate surface area is 143 Å². The van der Waals surface area contributed by atoms with Gasteiger partial charge in [0, 0.05) is 6.07 Å². The fourth-order valence-electron chi connectivity index (χ4n) is 1.58. The van der Waals surface area contributed by atoms with Crippen molar-refractivity contribution in [2.75, 3.05) is 0 Å². The predicted molar refractivity (Wildman–Crippen MR) is 75.9 cm³/mol. The Bertz CT molecular complexity index is 643. The second kappa shape index (κ2) is 8.06. The van der Waals surface area contributed by atoms with E-state index in [-0.39, 0.29) is 55.7 Å². The first-order valence-electron chi connectivity index (χ1n) is 5.26. The average molecular weight is 280 g/mol. The van der Waals surface area contributed by atoms with E-state index in [2.05, 4.69) is 5.10 Å². The third kappa shape index (κ3) is 4.77. The van der Waals surface area contributed by atoms with Crippen molar-refractivity contribution in [3.05, 3.63) is 53.1 Å². The summed E-state index contributed by atoms with van der Waals surface area (Å²) in [5, 5.41) is 21.4. The monoisotopic (exact) mass is 280 g/mol. The van der Waals surface area contributed by atoms with E-state index in [4.69, 9.17) is 10.2 Å². The number of benzene rings is 1. The summed E-state index contributed by atoms with van der Waals surface area (Å²) < 4.78 is 13.8. The van der Waals surface area contributed by atoms with Crippen molar-refractivity contribution in [3.63, 3.8) is 0 Å². The van der Waals surface area contributed by atoms with Crippen LogP contribution in [0, 0.1) is 5.82 Å². The number of carbonyl (C=O) groups is 2. The van der Waals surface area contributed by atoms with Crippen LogP contribution in [0.1, 0.15) is 26.5 Å². The fraction of sp³-hybridized carbons (Fsp3) is 0.0833. The molecule has 0 saturated carbocycles. The number of rotatable bonds is 4. The molecule has 2 rings (SSSR count). The molecule has 0 unspecified atom stereocenters. The van der Waals surface area contributed by atoms with Crippen LogP contribution in [0.15, 0.2) is 30.3 Å². The Morgan fingerprint density at radius 1 is 1.10 bits per heavy atom. The average Bonchev–Trinajstić information content (AvgIpc) is 2.76. The standard InChI is InChI=1S/C12H9FN2O4.2Li.2H/c13-8-3-1-7(2-4-8)6-15-10(12(18)19)5-9(14-15)11(16)17;;;;/h1-5H,6H2,(H,16,17)(H,18,19);;;;. The molecule has 0 aliphatic rings. The number of carboxylic acid groups (broad SMARTS) is 2. The maximum atomic E-state index is 12.7. The molecule has 1 aromatic carbocycles. The number of aromatic carboxylic acids is 2. The summed E-state index contributed by atoms with van der Waals surface area (Å²) in [5.41, 5.74) is 0.0326. The maximum absolute atomic E-state index is 12.7. The van der Waals surface area contributed by atoms with Gasteiger partial charge >= 0.3 is 49.7 Å². The second-order valence-corrected chi connectivity index (χ2v) is 3.81. The SMILES string of the molecule is O=C(O)c1cc(C(=O)O)n(Cc2ccc(F)cc2)n1.[LiH].[LiH]. The van der Waals surface area contributed by atoms with Gasteiger partial charge in [0.05, 0.1) is 6.54 Å². The van der Waals surface area contributed by atoms with Crippen LogP contribution >= 0.6 is 0 Å². The van der Waals surface area contributed by atoms with Crippen LogP contribution in [-0.4, -0.2) is 69.7 Å². The van der Waals surface area contributed by atoms with E-state index in [0.29, 0.717) is 5.56 Å². The normalized spacial score (nSPS) is 9.38. The minimum absolute atomic E-state index is 0. The molecule has 0 amide bonds. The Morgan fingerprint density at radius 2 is 1.67 bits per heavy atom. The summed E-state index contributed by atoms with van der Waals surface area (Å²) in [6.45, 7) is 0.0508. The molecule has 21 heavy (non-hydrogen) atoms. The van der Waals surface area contributed by atoms with Crippen molar-refractivity contribution in [2.45, 2.75) is 6.54 Å². The number of nitrogens with zero attached hydrogens (tertiary/aromatic N) is 2. The van der Waals surface area contributed by atoms with Gasteiger partial charge in [0.2, 0.25) is 0 Å². The first kappa shape index (κ1) is 19.5. The number of aromatic nitrogens is 2. The van der Waals surface area contributed by atoms with Crippen LogP contribution in [0.25, 0.3) is 0 Å². The van der Waals surface area contributed by atoms with Crippen molar-refractivity contribution in [3.8, 4) is 0 Å². The van der Waals surface area contributed by atoms with E-state index in [9.17, 15) is 14.0 Å². The number of carboxylic acids is 2. The van der Waals surface area contributed by atoms with Gasteiger partial charge in [-0.2, -0.15) is 5.10 Å². The van der Waals surface area contributed by atoms with Crippen LogP contribution in [-0.2, 0) is 6.54 Å². The van der Waals surface area contributed by atoms with E-state index < -0.39 is 17.8 Å². The van der Waals surface area contributed by atoms with Gasteiger partial charge in [0.1, 0.15) is 11.5 Å². The fourth-order valence-corrected chi connectivity index (χ4v) is 1.58. The molecule has 0 saturated heterocycles. The zero-order valence-corrected chi connectivity index (χ0v) is 9.58. The van der Waals surface area contributed by atoms with Gasteiger partial charge in [-0.3, -0.25) is 4.68 Å². The summed E-state index contributed by atoms with van der Waals surface area (Å²) >= 11 is 0. The molecule has 9 heteroatoms. The summed E-state index contributed by atoms with van der Waals surface area (Å²) in [6.07, 6.45) is 0. The molecular formula is C12H11FLi2N2O4. The second-order valence-electron chi connectivity index (χ2n) is 3.81. The molecule has 0 radical (unpaired) electrons. The van der Waals surface area contributed by atoms with Gasteiger partial charge in [0.25, 0.3) is 0 Å². The molecule has 0 atom stereocenters. The molecule has 2 N–H and O–H groups in total. The zero-order chi connectivity index (χ0) is 14.0. The van der Waals surface area contributed by atoms with Crippen LogP contribution < -0.4 is 0 Å². The van der Waals surface area contributed by atoms with E-state index in [1.165, 1.54) is 24.3 Å². The van der Waals surface area contributed by atoms with E-state index in [1.807, 2.05) is 0 Å². The molecule has 0 fully saturated rings. The molecule has 0 spiro atoms. The number of hydrogen-bond acceptors (Lipinski definition) is 3. The van der Waals surface area contributed by atoms with Gasteiger partial charge in [0.15, 0.2) is 5.69 Å². The zero-order valence-electron chi connectivity index (χ0n) is 9.58. The van der Waals surface area contributed by atoms with Gasteiger partial charge in [-0.25, -0.2) is 14.0 Å². The van der Waals surface area contributed by atoms with E-state index >= 15 is 0 Å². The summed E-state index contributed by atoms with van der Waals surface area (Å²) in [4.78, 5) is 21.8. The third-order valence-electron chi connectivity index (χ3n) is 2.46. The van der Waals surface area contributed by atoms with Gasteiger partial charge in [-0.1, -0.05) is 12.1 Å². The Kier molecular flexibility index (Phi) is 7.49. The van der Waals surface area contributed by atoms with Crippen LogP contribution in [0.4, 0.5) is 4.39 Å². The molecule has 0 aliphatic heterocycles. The third-order valence-corrected chi connectivity index (χ3v) is 2.46. The van der Waals surface area contributed by atoms with Crippen molar-refractivity contribution in [1.29, 1.82) is 0 Å². The molecular weight excluding hydrogens is 269 g/mol. The first-order chi connectivity index (χ1) is 8.97. The molecule has 1 aromatic heterocycles. The van der Waals surface area contributed by atoms with Crippen molar-refractivity contribution >= 4 is 49.7 Å². The number of halogens is 1. The van der Waals surface area contributed by atoms with Crippen LogP contribution in [0.5, 0.6) is 0 Å². The van der Waals surface area contributed by atoms with E-state index in [0.717, 1.165) is 10.7 Å². The predicted octanol–water partition coefficient (Wildman–Crippen LogP) is 0.170. The molecule has 1 heterocycles. The summed E-state index contributed by atoms with van der Waals surface area (Å²) in [5.74, 6) is -2.99. The summed E-state index contributed by atoms with van der Waals surface area (Å²) in [7, 11) is 0. The molecule has 102 valence electrons. The molecule has 0 bridgehead atoms. The Morgan fingerprint density at radius 3 is 2.14 bits per heavy atom. The van der Waals surface area contributed by atoms with Gasteiger partial charge in [-0.05, 0) is 17.7 Å². The van der Waals surface area contributed by atoms with Crippen LogP contribution in [0.3, 0.4) is 0 Å². The van der Waals surface area contributed by atoms with Crippen LogP contribution in [0.2, 0.25) is 0 Å². The van der Waals surface area contributed by atoms with Gasteiger partial charge in [-0.15, -0.1) is 0 Å². The first-order valence-corrected chi connectivity index (χ1v) is 5.26. The molecule has 6 nitrogen and oxygen atoms in total. The quantitative estimate of drug-likeness (QED) is 0.779. The van der Waals surface area contributed by atoms with Crippen molar-refractivity contribution in [2.24, 2.45) is 0 Å². The van der Waals surface area contributed by atoms with E-state index in [1.54, 1.807) is 0 Å². The van der Waals surface area contributed by atoms with Gasteiger partial charge < -0.3 is 10.2 Å². The van der Waals surface area contributed by atoms with Crippen molar-refractivity contribution < 1.29 is 24.2 Å². The topological polar surface area (TPSA) is 92.4 Å². The molecule has 0 aliphatic carbocycles. The summed E-state index contributed by atoms with van der Waals surface area (Å²) in [6, 6.07) is 6.40.